The normalized spacial score (nSPS) is 10.8. The lowest BCUT2D eigenvalue weighted by molar-refractivity contribution is 0.489. The molecular formula is C15H13N3OS. The van der Waals surface area contributed by atoms with E-state index in [0.717, 1.165) is 28.0 Å². The third-order valence-electron chi connectivity index (χ3n) is 2.87. The zero-order chi connectivity index (χ0) is 13.9. The highest BCUT2D eigenvalue weighted by molar-refractivity contribution is 7.98. The maximum absolute atomic E-state index is 7.44. The molecule has 0 radical (unpaired) electrons. The highest BCUT2D eigenvalue weighted by atomic mass is 32.2. The Morgan fingerprint density at radius 3 is 2.85 bits per heavy atom. The number of nitrogens with one attached hydrogen (secondary N) is 1. The summed E-state index contributed by atoms with van der Waals surface area (Å²) in [6.07, 6.45) is 0. The van der Waals surface area contributed by atoms with Crippen LogP contribution in [0.15, 0.2) is 58.2 Å². The Hall–Kier alpha value is -2.27. The molecule has 2 aromatic carbocycles. The van der Waals surface area contributed by atoms with Crippen LogP contribution in [0.5, 0.6) is 0 Å². The van der Waals surface area contributed by atoms with Gasteiger partial charge in [-0.05, 0) is 23.8 Å². The van der Waals surface area contributed by atoms with Crippen LogP contribution >= 0.6 is 11.8 Å². The highest BCUT2D eigenvalue weighted by Crippen LogP contribution is 2.26. The molecule has 0 fully saturated rings. The van der Waals surface area contributed by atoms with Gasteiger partial charge in [-0.3, -0.25) is 5.41 Å². The zero-order valence-corrected chi connectivity index (χ0v) is 11.5. The van der Waals surface area contributed by atoms with E-state index < -0.39 is 0 Å². The van der Waals surface area contributed by atoms with Crippen molar-refractivity contribution in [2.24, 2.45) is 5.73 Å². The number of benzene rings is 2. The number of rotatable bonds is 4. The van der Waals surface area contributed by atoms with Crippen LogP contribution in [0, 0.1) is 5.41 Å². The van der Waals surface area contributed by atoms with E-state index in [1.54, 1.807) is 0 Å². The van der Waals surface area contributed by atoms with Crippen molar-refractivity contribution >= 4 is 28.7 Å². The van der Waals surface area contributed by atoms with Crippen LogP contribution in [-0.2, 0) is 5.75 Å². The summed E-state index contributed by atoms with van der Waals surface area (Å²) >= 11 is 1.53. The van der Waals surface area contributed by atoms with E-state index in [2.05, 4.69) is 4.98 Å². The second-order valence-corrected chi connectivity index (χ2v) is 5.28. The molecule has 0 unspecified atom stereocenters. The largest absolute Gasteiger partial charge is 0.431 e. The van der Waals surface area contributed by atoms with Gasteiger partial charge >= 0.3 is 0 Å². The van der Waals surface area contributed by atoms with Gasteiger partial charge in [0.25, 0.3) is 5.22 Å². The fourth-order valence-electron chi connectivity index (χ4n) is 1.89. The van der Waals surface area contributed by atoms with E-state index in [-0.39, 0.29) is 5.84 Å². The molecule has 0 saturated heterocycles. The van der Waals surface area contributed by atoms with E-state index in [0.29, 0.717) is 5.22 Å². The third kappa shape index (κ3) is 2.67. The van der Waals surface area contributed by atoms with Crippen LogP contribution in [0.3, 0.4) is 0 Å². The number of oxazole rings is 1. The first-order valence-electron chi connectivity index (χ1n) is 6.14. The molecule has 0 aliphatic carbocycles. The van der Waals surface area contributed by atoms with E-state index in [9.17, 15) is 0 Å². The number of thioether (sulfide) groups is 1. The van der Waals surface area contributed by atoms with Gasteiger partial charge in [-0.1, -0.05) is 42.1 Å². The summed E-state index contributed by atoms with van der Waals surface area (Å²) < 4.78 is 5.65. The van der Waals surface area contributed by atoms with E-state index in [4.69, 9.17) is 15.6 Å². The summed E-state index contributed by atoms with van der Waals surface area (Å²) in [5.74, 6) is 0.812. The van der Waals surface area contributed by atoms with E-state index >= 15 is 0 Å². The molecule has 100 valence electrons. The molecule has 0 aliphatic heterocycles. The summed E-state index contributed by atoms with van der Waals surface area (Å²) in [5, 5.41) is 8.09. The van der Waals surface area contributed by atoms with Crippen molar-refractivity contribution in [2.45, 2.75) is 11.0 Å². The summed E-state index contributed by atoms with van der Waals surface area (Å²) in [7, 11) is 0. The first-order chi connectivity index (χ1) is 9.72. The van der Waals surface area contributed by atoms with Crippen LogP contribution in [0.25, 0.3) is 11.1 Å². The van der Waals surface area contributed by atoms with Gasteiger partial charge in [0.15, 0.2) is 5.58 Å². The first kappa shape index (κ1) is 12.7. The number of aromatic nitrogens is 1. The van der Waals surface area contributed by atoms with Gasteiger partial charge in [0, 0.05) is 11.3 Å². The topological polar surface area (TPSA) is 75.9 Å². The molecule has 3 N–H and O–H groups in total. The van der Waals surface area contributed by atoms with Crippen molar-refractivity contribution in [1.82, 2.24) is 4.98 Å². The molecule has 0 atom stereocenters. The second kappa shape index (κ2) is 5.38. The van der Waals surface area contributed by atoms with Gasteiger partial charge in [-0.15, -0.1) is 0 Å². The molecule has 0 spiro atoms. The maximum Gasteiger partial charge on any atom is 0.257 e. The van der Waals surface area contributed by atoms with Crippen LogP contribution < -0.4 is 5.73 Å². The first-order valence-corrected chi connectivity index (χ1v) is 7.12. The molecule has 1 heterocycles. The number of hydrogen-bond donors (Lipinski definition) is 2. The number of fused-ring (bicyclic) bond motifs is 1. The van der Waals surface area contributed by atoms with Crippen LogP contribution in [0.2, 0.25) is 0 Å². The molecule has 1 aromatic heterocycles. The van der Waals surface area contributed by atoms with Crippen LogP contribution in [0.4, 0.5) is 0 Å². The van der Waals surface area contributed by atoms with Crippen molar-refractivity contribution in [3.63, 3.8) is 0 Å². The second-order valence-electron chi connectivity index (χ2n) is 4.35. The molecule has 3 rings (SSSR count). The predicted molar refractivity (Wildman–Crippen MR) is 81.0 cm³/mol. The monoisotopic (exact) mass is 283 g/mol. The fraction of sp³-hybridized carbons (Fsp3) is 0.0667. The van der Waals surface area contributed by atoms with E-state index in [1.807, 2.05) is 48.5 Å². The summed E-state index contributed by atoms with van der Waals surface area (Å²) in [4.78, 5) is 4.41. The van der Waals surface area contributed by atoms with Crippen LogP contribution in [-0.4, -0.2) is 10.8 Å². The molecular weight excluding hydrogens is 270 g/mol. The average molecular weight is 283 g/mol. The van der Waals surface area contributed by atoms with Gasteiger partial charge < -0.3 is 10.2 Å². The fourth-order valence-corrected chi connectivity index (χ4v) is 2.67. The molecule has 5 heteroatoms. The number of hydrogen-bond acceptors (Lipinski definition) is 4. The standard InChI is InChI=1S/C15H13N3OS/c16-14(17)11-5-3-4-10(8-11)9-20-15-18-12-6-1-2-7-13(12)19-15/h1-8H,9H2,(H3,16,17). The van der Waals surface area contributed by atoms with Crippen molar-refractivity contribution in [2.75, 3.05) is 0 Å². The van der Waals surface area contributed by atoms with Gasteiger partial charge in [-0.25, -0.2) is 4.98 Å². The minimum atomic E-state index is 0.0821. The smallest absolute Gasteiger partial charge is 0.257 e. The lowest BCUT2D eigenvalue weighted by Crippen LogP contribution is -2.10. The minimum absolute atomic E-state index is 0.0821. The average Bonchev–Trinajstić information content (AvgIpc) is 2.88. The Kier molecular flexibility index (Phi) is 3.43. The predicted octanol–water partition coefficient (Wildman–Crippen LogP) is 3.40. The van der Waals surface area contributed by atoms with Crippen molar-refractivity contribution in [3.05, 3.63) is 59.7 Å². The summed E-state index contributed by atoms with van der Waals surface area (Å²) in [6.45, 7) is 0. The number of nitrogens with zero attached hydrogens (tertiary/aromatic N) is 1. The Labute approximate surface area is 120 Å². The maximum atomic E-state index is 7.44. The number of nitrogens with two attached hydrogens (primary N) is 1. The van der Waals surface area contributed by atoms with Gasteiger partial charge in [0.1, 0.15) is 11.4 Å². The number of amidine groups is 1. The quantitative estimate of drug-likeness (QED) is 0.437. The van der Waals surface area contributed by atoms with Crippen molar-refractivity contribution in [3.8, 4) is 0 Å². The van der Waals surface area contributed by atoms with Crippen LogP contribution in [0.1, 0.15) is 11.1 Å². The van der Waals surface area contributed by atoms with Gasteiger partial charge in [0.05, 0.1) is 0 Å². The molecule has 0 aliphatic rings. The Bertz CT molecular complexity index is 733. The Morgan fingerprint density at radius 1 is 1.20 bits per heavy atom. The molecule has 3 aromatic rings. The summed E-state index contributed by atoms with van der Waals surface area (Å²) in [6, 6.07) is 15.4. The van der Waals surface area contributed by atoms with Gasteiger partial charge in [0.2, 0.25) is 0 Å². The summed E-state index contributed by atoms with van der Waals surface area (Å²) in [5.41, 5.74) is 8.98. The van der Waals surface area contributed by atoms with E-state index in [1.165, 1.54) is 11.8 Å². The molecule has 0 amide bonds. The number of para-hydroxylation sites is 2. The van der Waals surface area contributed by atoms with Gasteiger partial charge in [-0.2, -0.15) is 0 Å². The van der Waals surface area contributed by atoms with Crippen molar-refractivity contribution < 1.29 is 4.42 Å². The zero-order valence-electron chi connectivity index (χ0n) is 10.7. The van der Waals surface area contributed by atoms with Crippen molar-refractivity contribution in [1.29, 1.82) is 5.41 Å². The lowest BCUT2D eigenvalue weighted by Gasteiger charge is -2.02. The minimum Gasteiger partial charge on any atom is -0.431 e. The highest BCUT2D eigenvalue weighted by Gasteiger charge is 2.06. The molecule has 20 heavy (non-hydrogen) atoms. The molecule has 4 nitrogen and oxygen atoms in total. The SMILES string of the molecule is N=C(N)c1cccc(CSc2nc3ccccc3o2)c1. The lowest BCUT2D eigenvalue weighted by atomic mass is 10.1. The molecule has 0 saturated carbocycles. The third-order valence-corrected chi connectivity index (χ3v) is 3.77. The Morgan fingerprint density at radius 2 is 2.05 bits per heavy atom. The molecule has 0 bridgehead atoms. The Balaban J connectivity index is 1.75. The number of nitrogen functional groups attached to an aromatic ring is 1.